The molecule has 0 aromatic heterocycles. The summed E-state index contributed by atoms with van der Waals surface area (Å²) in [5.41, 5.74) is -1.91. The zero-order valence-electron chi connectivity index (χ0n) is 7.19. The van der Waals surface area contributed by atoms with Crippen molar-refractivity contribution in [3.8, 4) is 0 Å². The van der Waals surface area contributed by atoms with E-state index in [-0.39, 0.29) is 13.2 Å². The van der Waals surface area contributed by atoms with Crippen LogP contribution in [0, 0.1) is 0 Å². The average Bonchev–Trinajstić information content (AvgIpc) is 2.35. The highest BCUT2D eigenvalue weighted by Crippen LogP contribution is 2.11. The van der Waals surface area contributed by atoms with Crippen LogP contribution in [0.4, 0.5) is 4.79 Å². The molecule has 0 aromatic carbocycles. The van der Waals surface area contributed by atoms with Crippen molar-refractivity contribution in [3.63, 3.8) is 0 Å². The standard InChI is InChI=1S/C7H11NO5/c1-7(12,5(9)10)4-8-2-3-13-6(8)11/h12H,2-4H2,1H3,(H,9,10). The number of ether oxygens (including phenoxy) is 1. The first-order valence-electron chi connectivity index (χ1n) is 3.81. The predicted molar refractivity (Wildman–Crippen MR) is 41.2 cm³/mol. The lowest BCUT2D eigenvalue weighted by Gasteiger charge is -2.22. The third-order valence-corrected chi connectivity index (χ3v) is 1.80. The molecule has 1 aliphatic rings. The second kappa shape index (κ2) is 3.21. The van der Waals surface area contributed by atoms with E-state index in [2.05, 4.69) is 4.74 Å². The fourth-order valence-electron chi connectivity index (χ4n) is 1.01. The normalized spacial score (nSPS) is 21.1. The van der Waals surface area contributed by atoms with Crippen LogP contribution < -0.4 is 0 Å². The van der Waals surface area contributed by atoms with Crippen LogP contribution in [-0.2, 0) is 9.53 Å². The SMILES string of the molecule is CC(O)(CN1CCOC1=O)C(=O)O. The Kier molecular flexibility index (Phi) is 2.42. The maximum absolute atomic E-state index is 10.9. The number of aliphatic hydroxyl groups is 1. The van der Waals surface area contributed by atoms with E-state index < -0.39 is 17.7 Å². The van der Waals surface area contributed by atoms with Gasteiger partial charge in [-0.05, 0) is 6.92 Å². The van der Waals surface area contributed by atoms with Gasteiger partial charge in [0.2, 0.25) is 0 Å². The van der Waals surface area contributed by atoms with Gasteiger partial charge in [0.25, 0.3) is 0 Å². The molecule has 1 atom stereocenters. The van der Waals surface area contributed by atoms with Gasteiger partial charge in [-0.25, -0.2) is 9.59 Å². The van der Waals surface area contributed by atoms with Crippen LogP contribution in [0.5, 0.6) is 0 Å². The molecule has 0 bridgehead atoms. The molecule has 6 heteroatoms. The molecule has 1 unspecified atom stereocenters. The Bertz CT molecular complexity index is 237. The van der Waals surface area contributed by atoms with Gasteiger partial charge in [0.05, 0.1) is 13.1 Å². The van der Waals surface area contributed by atoms with E-state index in [0.29, 0.717) is 6.54 Å². The van der Waals surface area contributed by atoms with E-state index in [4.69, 9.17) is 5.11 Å². The lowest BCUT2D eigenvalue weighted by Crippen LogP contribution is -2.47. The molecule has 1 heterocycles. The van der Waals surface area contributed by atoms with Crippen LogP contribution in [0.15, 0.2) is 0 Å². The van der Waals surface area contributed by atoms with Gasteiger partial charge in [0.1, 0.15) is 6.61 Å². The van der Waals surface area contributed by atoms with E-state index in [1.807, 2.05) is 0 Å². The highest BCUT2D eigenvalue weighted by atomic mass is 16.6. The number of amides is 1. The molecular weight excluding hydrogens is 178 g/mol. The number of carboxylic acids is 1. The van der Waals surface area contributed by atoms with E-state index in [1.165, 1.54) is 0 Å². The Morgan fingerprint density at radius 1 is 1.77 bits per heavy atom. The Labute approximate surface area is 74.7 Å². The number of cyclic esters (lactones) is 1. The molecule has 74 valence electrons. The predicted octanol–water partition coefficient (Wildman–Crippen LogP) is -0.726. The van der Waals surface area contributed by atoms with Gasteiger partial charge in [-0.3, -0.25) is 0 Å². The first kappa shape index (κ1) is 9.79. The minimum absolute atomic E-state index is 0.245. The summed E-state index contributed by atoms with van der Waals surface area (Å²) in [6.07, 6.45) is -0.582. The number of nitrogens with zero attached hydrogens (tertiary/aromatic N) is 1. The molecule has 13 heavy (non-hydrogen) atoms. The van der Waals surface area contributed by atoms with Gasteiger partial charge in [-0.15, -0.1) is 0 Å². The second-order valence-corrected chi connectivity index (χ2v) is 3.11. The molecule has 1 aliphatic heterocycles. The van der Waals surface area contributed by atoms with Crippen molar-refractivity contribution in [3.05, 3.63) is 0 Å². The van der Waals surface area contributed by atoms with E-state index in [0.717, 1.165) is 11.8 Å². The number of aliphatic carboxylic acids is 1. The highest BCUT2D eigenvalue weighted by Gasteiger charge is 2.36. The first-order chi connectivity index (χ1) is 5.93. The number of rotatable bonds is 3. The van der Waals surface area contributed by atoms with Crippen LogP contribution >= 0.6 is 0 Å². The molecule has 0 radical (unpaired) electrons. The van der Waals surface area contributed by atoms with Crippen molar-refractivity contribution < 1.29 is 24.5 Å². The van der Waals surface area contributed by atoms with Crippen molar-refractivity contribution >= 4 is 12.1 Å². The second-order valence-electron chi connectivity index (χ2n) is 3.11. The number of β-amino-alcohol motifs (C(OH)–C–C–N with tert-alkyl or cyclic N) is 1. The molecular formula is C7H11NO5. The number of carbonyl (C=O) groups is 2. The Morgan fingerprint density at radius 2 is 2.38 bits per heavy atom. The highest BCUT2D eigenvalue weighted by molar-refractivity contribution is 5.78. The van der Waals surface area contributed by atoms with Crippen LogP contribution in [0.3, 0.4) is 0 Å². The molecule has 0 aliphatic carbocycles. The quantitative estimate of drug-likeness (QED) is 0.611. The Morgan fingerprint density at radius 3 is 2.77 bits per heavy atom. The molecule has 1 amide bonds. The van der Waals surface area contributed by atoms with E-state index in [1.54, 1.807) is 0 Å². The minimum atomic E-state index is -1.91. The summed E-state index contributed by atoms with van der Waals surface area (Å²) >= 11 is 0. The molecule has 0 spiro atoms. The summed E-state index contributed by atoms with van der Waals surface area (Å²) in [5.74, 6) is -1.35. The number of hydrogen-bond donors (Lipinski definition) is 2. The van der Waals surface area contributed by atoms with Gasteiger partial charge in [-0.2, -0.15) is 0 Å². The number of carbonyl (C=O) groups excluding carboxylic acids is 1. The molecule has 1 rings (SSSR count). The maximum atomic E-state index is 10.9. The fourth-order valence-corrected chi connectivity index (χ4v) is 1.01. The smallest absolute Gasteiger partial charge is 0.410 e. The summed E-state index contributed by atoms with van der Waals surface area (Å²) in [6, 6.07) is 0. The van der Waals surface area contributed by atoms with Crippen molar-refractivity contribution in [2.45, 2.75) is 12.5 Å². The van der Waals surface area contributed by atoms with Crippen LogP contribution in [-0.4, -0.2) is 52.5 Å². The summed E-state index contributed by atoms with van der Waals surface area (Å²) in [6.45, 7) is 1.46. The van der Waals surface area contributed by atoms with Gasteiger partial charge in [0.15, 0.2) is 5.60 Å². The lowest BCUT2D eigenvalue weighted by atomic mass is 10.1. The molecule has 1 fully saturated rings. The molecule has 0 saturated carbocycles. The molecule has 6 nitrogen and oxygen atoms in total. The van der Waals surface area contributed by atoms with Crippen LogP contribution in [0.25, 0.3) is 0 Å². The van der Waals surface area contributed by atoms with E-state index >= 15 is 0 Å². The number of carboxylic acid groups (broad SMARTS) is 1. The zero-order valence-corrected chi connectivity index (χ0v) is 7.19. The summed E-state index contributed by atoms with van der Waals surface area (Å²) in [4.78, 5) is 22.5. The topological polar surface area (TPSA) is 87.1 Å². The maximum Gasteiger partial charge on any atom is 0.410 e. The molecule has 2 N–H and O–H groups in total. The first-order valence-corrected chi connectivity index (χ1v) is 3.81. The van der Waals surface area contributed by atoms with Gasteiger partial charge >= 0.3 is 12.1 Å². The third kappa shape index (κ3) is 2.09. The largest absolute Gasteiger partial charge is 0.479 e. The minimum Gasteiger partial charge on any atom is -0.479 e. The fraction of sp³-hybridized carbons (Fsp3) is 0.714. The summed E-state index contributed by atoms with van der Waals surface area (Å²) < 4.78 is 4.57. The van der Waals surface area contributed by atoms with Gasteiger partial charge in [-0.1, -0.05) is 0 Å². The molecule has 0 aromatic rings. The number of hydrogen-bond acceptors (Lipinski definition) is 4. The Balaban J connectivity index is 2.57. The van der Waals surface area contributed by atoms with Crippen molar-refractivity contribution in [2.75, 3.05) is 19.7 Å². The zero-order chi connectivity index (χ0) is 10.1. The molecule has 1 saturated heterocycles. The van der Waals surface area contributed by atoms with E-state index in [9.17, 15) is 14.7 Å². The van der Waals surface area contributed by atoms with Crippen molar-refractivity contribution in [1.29, 1.82) is 0 Å². The van der Waals surface area contributed by atoms with Gasteiger partial charge < -0.3 is 19.8 Å². The summed E-state index contributed by atoms with van der Waals surface area (Å²) in [7, 11) is 0. The van der Waals surface area contributed by atoms with Crippen molar-refractivity contribution in [1.82, 2.24) is 4.90 Å². The van der Waals surface area contributed by atoms with Crippen LogP contribution in [0.2, 0.25) is 0 Å². The monoisotopic (exact) mass is 189 g/mol. The van der Waals surface area contributed by atoms with Crippen molar-refractivity contribution in [2.24, 2.45) is 0 Å². The Hall–Kier alpha value is -1.30. The summed E-state index contributed by atoms with van der Waals surface area (Å²) in [5, 5.41) is 17.9. The average molecular weight is 189 g/mol. The van der Waals surface area contributed by atoms with Gasteiger partial charge in [0, 0.05) is 0 Å². The lowest BCUT2D eigenvalue weighted by molar-refractivity contribution is -0.157. The van der Waals surface area contributed by atoms with Crippen LogP contribution in [0.1, 0.15) is 6.92 Å². The third-order valence-electron chi connectivity index (χ3n) is 1.80.